The van der Waals surface area contributed by atoms with Crippen LogP contribution in [0, 0.1) is 10.1 Å². The lowest BCUT2D eigenvalue weighted by Gasteiger charge is -2.16. The zero-order valence-corrected chi connectivity index (χ0v) is 17.6. The maximum Gasteiger partial charge on any atom is 0.280 e. The van der Waals surface area contributed by atoms with Gasteiger partial charge in [-0.1, -0.05) is 12.1 Å². The molecule has 0 radical (unpaired) electrons. The van der Waals surface area contributed by atoms with Crippen molar-refractivity contribution in [2.24, 2.45) is 0 Å². The molecule has 0 aliphatic carbocycles. The summed E-state index contributed by atoms with van der Waals surface area (Å²) in [7, 11) is 2.99. The Kier molecular flexibility index (Phi) is 5.73. The molecule has 1 heterocycles. The second kappa shape index (κ2) is 8.79. The highest BCUT2D eigenvalue weighted by Gasteiger charge is 2.18. The van der Waals surface area contributed by atoms with Gasteiger partial charge in [-0.2, -0.15) is 4.68 Å². The lowest BCUT2D eigenvalue weighted by molar-refractivity contribution is -0.384. The summed E-state index contributed by atoms with van der Waals surface area (Å²) in [6.45, 7) is 0. The first-order valence-electron chi connectivity index (χ1n) is 9.73. The van der Waals surface area contributed by atoms with Crippen LogP contribution in [0.15, 0.2) is 71.5 Å². The Labute approximate surface area is 187 Å². The van der Waals surface area contributed by atoms with Crippen LogP contribution in [0.25, 0.3) is 22.3 Å². The number of aromatic nitrogens is 2. The van der Waals surface area contributed by atoms with Gasteiger partial charge in [-0.15, -0.1) is 0 Å². The number of carbonyl (C=O) groups excluding carboxylic acids is 1. The number of nitrogens with one attached hydrogen (secondary N) is 1. The third-order valence-corrected chi connectivity index (χ3v) is 4.97. The van der Waals surface area contributed by atoms with E-state index in [0.29, 0.717) is 28.0 Å². The lowest BCUT2D eigenvalue weighted by atomic mass is 10.1. The van der Waals surface area contributed by atoms with E-state index in [1.165, 1.54) is 38.5 Å². The predicted octanol–water partition coefficient (Wildman–Crippen LogP) is 3.37. The average Bonchev–Trinajstić information content (AvgIpc) is 2.85. The standard InChI is InChI=1S/C23H18N4O6/c1-32-19-12-9-15(13-20(19)33-2)21-24-18-6-4-3-5-17(18)23(29)26(21)25-22(28)14-7-10-16(11-8-14)27(30)31/h3-13H,1-2H3,(H,25,28). The SMILES string of the molecule is COc1ccc(-c2nc3ccccc3c(=O)n2NC(=O)c2ccc([N+](=O)[O-])cc2)cc1OC. The number of ether oxygens (including phenoxy) is 2. The minimum atomic E-state index is -0.634. The molecule has 0 bridgehead atoms. The zero-order valence-electron chi connectivity index (χ0n) is 17.6. The summed E-state index contributed by atoms with van der Waals surface area (Å²) >= 11 is 0. The molecule has 1 amide bonds. The molecule has 33 heavy (non-hydrogen) atoms. The Bertz CT molecular complexity index is 1430. The quantitative estimate of drug-likeness (QED) is 0.355. The summed E-state index contributed by atoms with van der Waals surface area (Å²) in [6.07, 6.45) is 0. The first-order chi connectivity index (χ1) is 15.9. The van der Waals surface area contributed by atoms with Gasteiger partial charge in [0.15, 0.2) is 17.3 Å². The van der Waals surface area contributed by atoms with Gasteiger partial charge in [0.05, 0.1) is 30.0 Å². The van der Waals surface area contributed by atoms with E-state index in [0.717, 1.165) is 4.68 Å². The first-order valence-corrected chi connectivity index (χ1v) is 9.73. The number of nitrogens with zero attached hydrogens (tertiary/aromatic N) is 3. The minimum absolute atomic E-state index is 0.138. The van der Waals surface area contributed by atoms with Gasteiger partial charge >= 0.3 is 0 Å². The fraction of sp³-hybridized carbons (Fsp3) is 0.0870. The van der Waals surface area contributed by atoms with Gasteiger partial charge in [-0.25, -0.2) is 4.98 Å². The highest BCUT2D eigenvalue weighted by molar-refractivity contribution is 6.00. The molecule has 1 N–H and O–H groups in total. The summed E-state index contributed by atoms with van der Waals surface area (Å²) in [5.41, 5.74) is 3.01. The van der Waals surface area contributed by atoms with Crippen molar-refractivity contribution in [1.82, 2.24) is 9.66 Å². The summed E-state index contributed by atoms with van der Waals surface area (Å²) in [4.78, 5) is 41.0. The van der Waals surface area contributed by atoms with Gasteiger partial charge in [-0.3, -0.25) is 25.1 Å². The Hall–Kier alpha value is -4.73. The predicted molar refractivity (Wildman–Crippen MR) is 121 cm³/mol. The lowest BCUT2D eigenvalue weighted by Crippen LogP contribution is -2.35. The van der Waals surface area contributed by atoms with Crippen molar-refractivity contribution in [1.29, 1.82) is 0 Å². The molecule has 0 aliphatic heterocycles. The molecular weight excluding hydrogens is 428 g/mol. The third-order valence-electron chi connectivity index (χ3n) is 4.97. The van der Waals surface area contributed by atoms with E-state index in [2.05, 4.69) is 10.4 Å². The number of carbonyl (C=O) groups is 1. The van der Waals surface area contributed by atoms with Crippen LogP contribution in [0.1, 0.15) is 10.4 Å². The molecule has 10 nitrogen and oxygen atoms in total. The fourth-order valence-electron chi connectivity index (χ4n) is 3.31. The van der Waals surface area contributed by atoms with Gasteiger partial charge in [0, 0.05) is 23.3 Å². The van der Waals surface area contributed by atoms with Crippen LogP contribution in [0.2, 0.25) is 0 Å². The number of hydrogen-bond acceptors (Lipinski definition) is 7. The van der Waals surface area contributed by atoms with Crippen molar-refractivity contribution in [2.75, 3.05) is 19.6 Å². The van der Waals surface area contributed by atoms with Crippen LogP contribution in [0.3, 0.4) is 0 Å². The van der Waals surface area contributed by atoms with E-state index in [1.807, 2.05) is 0 Å². The number of hydrogen-bond donors (Lipinski definition) is 1. The van der Waals surface area contributed by atoms with Crippen LogP contribution in [-0.4, -0.2) is 34.7 Å². The van der Waals surface area contributed by atoms with E-state index >= 15 is 0 Å². The molecule has 10 heteroatoms. The molecule has 0 aliphatic rings. The Balaban J connectivity index is 1.84. The van der Waals surface area contributed by atoms with Gasteiger partial charge in [0.2, 0.25) is 0 Å². The average molecular weight is 446 g/mol. The number of nitro benzene ring substituents is 1. The van der Waals surface area contributed by atoms with Crippen LogP contribution >= 0.6 is 0 Å². The first kappa shape index (κ1) is 21.5. The molecule has 0 unspecified atom stereocenters. The molecule has 0 saturated heterocycles. The Morgan fingerprint density at radius 1 is 1.00 bits per heavy atom. The molecule has 4 rings (SSSR count). The number of non-ortho nitro benzene ring substituents is 1. The van der Waals surface area contributed by atoms with E-state index < -0.39 is 16.4 Å². The summed E-state index contributed by atoms with van der Waals surface area (Å²) < 4.78 is 11.7. The molecule has 0 atom stereocenters. The number of nitro groups is 1. The number of para-hydroxylation sites is 1. The minimum Gasteiger partial charge on any atom is -0.493 e. The van der Waals surface area contributed by atoms with Gasteiger partial charge in [0.1, 0.15) is 0 Å². The number of methoxy groups -OCH3 is 2. The van der Waals surface area contributed by atoms with E-state index in [-0.39, 0.29) is 17.1 Å². The van der Waals surface area contributed by atoms with Crippen LogP contribution in [0.4, 0.5) is 5.69 Å². The zero-order chi connectivity index (χ0) is 23.5. The molecule has 1 aromatic heterocycles. The molecule has 4 aromatic rings. The van der Waals surface area contributed by atoms with Crippen molar-refractivity contribution in [3.8, 4) is 22.9 Å². The number of amides is 1. The summed E-state index contributed by atoms with van der Waals surface area (Å²) in [5, 5.41) is 11.2. The topological polar surface area (TPSA) is 126 Å². The molecule has 0 fully saturated rings. The maximum absolute atomic E-state index is 13.3. The molecule has 166 valence electrons. The molecule has 0 saturated carbocycles. The maximum atomic E-state index is 13.3. The van der Waals surface area contributed by atoms with Gasteiger partial charge in [0.25, 0.3) is 17.2 Å². The number of rotatable bonds is 6. The molecule has 0 spiro atoms. The van der Waals surface area contributed by atoms with Gasteiger partial charge < -0.3 is 9.47 Å². The van der Waals surface area contributed by atoms with Crippen molar-refractivity contribution in [3.05, 3.63) is 92.8 Å². The summed E-state index contributed by atoms with van der Waals surface area (Å²) in [6, 6.07) is 16.8. The van der Waals surface area contributed by atoms with Crippen molar-refractivity contribution in [2.45, 2.75) is 0 Å². The third kappa shape index (κ3) is 4.09. The Morgan fingerprint density at radius 3 is 2.36 bits per heavy atom. The number of fused-ring (bicyclic) bond motifs is 1. The van der Waals surface area contributed by atoms with Crippen molar-refractivity contribution < 1.29 is 19.2 Å². The van der Waals surface area contributed by atoms with Crippen molar-refractivity contribution in [3.63, 3.8) is 0 Å². The van der Waals surface area contributed by atoms with Crippen LogP contribution in [-0.2, 0) is 0 Å². The van der Waals surface area contributed by atoms with E-state index in [4.69, 9.17) is 9.47 Å². The van der Waals surface area contributed by atoms with Gasteiger partial charge in [-0.05, 0) is 42.5 Å². The highest BCUT2D eigenvalue weighted by atomic mass is 16.6. The largest absolute Gasteiger partial charge is 0.493 e. The highest BCUT2D eigenvalue weighted by Crippen LogP contribution is 2.31. The van der Waals surface area contributed by atoms with Crippen LogP contribution < -0.4 is 20.5 Å². The summed E-state index contributed by atoms with van der Waals surface area (Å²) in [5.74, 6) is 0.456. The number of benzene rings is 3. The fourth-order valence-corrected chi connectivity index (χ4v) is 3.31. The van der Waals surface area contributed by atoms with E-state index in [9.17, 15) is 19.7 Å². The second-order valence-electron chi connectivity index (χ2n) is 6.91. The molecule has 3 aromatic carbocycles. The molecular formula is C23H18N4O6. The second-order valence-corrected chi connectivity index (χ2v) is 6.91. The monoisotopic (exact) mass is 446 g/mol. The Morgan fingerprint density at radius 2 is 1.70 bits per heavy atom. The van der Waals surface area contributed by atoms with E-state index in [1.54, 1.807) is 42.5 Å². The van der Waals surface area contributed by atoms with Crippen molar-refractivity contribution >= 4 is 22.5 Å². The smallest absolute Gasteiger partial charge is 0.280 e. The normalized spacial score (nSPS) is 10.6. The van der Waals surface area contributed by atoms with Crippen LogP contribution in [0.5, 0.6) is 11.5 Å².